The average Bonchev–Trinajstić information content (AvgIpc) is 2.93. The van der Waals surface area contributed by atoms with Gasteiger partial charge in [0.15, 0.2) is 0 Å². The third-order valence-electron chi connectivity index (χ3n) is 3.98. The molecule has 0 aromatic carbocycles. The van der Waals surface area contributed by atoms with Gasteiger partial charge in [-0.25, -0.2) is 4.98 Å². The highest BCUT2D eigenvalue weighted by molar-refractivity contribution is 5.80. The Kier molecular flexibility index (Phi) is 5.78. The van der Waals surface area contributed by atoms with Gasteiger partial charge in [-0.15, -0.1) is 0 Å². The predicted octanol–water partition coefficient (Wildman–Crippen LogP) is 1.46. The van der Waals surface area contributed by atoms with E-state index in [0.717, 1.165) is 32.2 Å². The second kappa shape index (κ2) is 7.81. The van der Waals surface area contributed by atoms with Crippen LogP contribution in [0, 0.1) is 5.92 Å². The van der Waals surface area contributed by atoms with Crippen LogP contribution < -0.4 is 0 Å². The number of amides is 1. The molecule has 1 fully saturated rings. The maximum Gasteiger partial charge on any atom is 0.307 e. The summed E-state index contributed by atoms with van der Waals surface area (Å²) in [5, 5.41) is 0. The van der Waals surface area contributed by atoms with Crippen molar-refractivity contribution in [1.29, 1.82) is 0 Å². The van der Waals surface area contributed by atoms with E-state index >= 15 is 0 Å². The topological polar surface area (TPSA) is 64.4 Å². The molecule has 21 heavy (non-hydrogen) atoms. The van der Waals surface area contributed by atoms with Crippen LogP contribution in [0.1, 0.15) is 32.1 Å². The Balaban J connectivity index is 1.81. The van der Waals surface area contributed by atoms with Gasteiger partial charge in [0, 0.05) is 37.9 Å². The molecule has 0 saturated heterocycles. The van der Waals surface area contributed by atoms with Crippen LogP contribution in [0.3, 0.4) is 0 Å². The van der Waals surface area contributed by atoms with E-state index in [1.54, 1.807) is 12.5 Å². The maximum atomic E-state index is 12.4. The van der Waals surface area contributed by atoms with Gasteiger partial charge in [-0.05, 0) is 19.3 Å². The Labute approximate surface area is 125 Å². The monoisotopic (exact) mass is 293 g/mol. The Morgan fingerprint density at radius 3 is 2.76 bits per heavy atom. The van der Waals surface area contributed by atoms with E-state index < -0.39 is 0 Å². The van der Waals surface area contributed by atoms with Crippen molar-refractivity contribution >= 4 is 11.9 Å². The molecule has 1 aromatic rings. The van der Waals surface area contributed by atoms with Gasteiger partial charge in [-0.3, -0.25) is 9.59 Å². The molecule has 1 amide bonds. The summed E-state index contributed by atoms with van der Waals surface area (Å²) in [5.74, 6) is 0.0858. The minimum absolute atomic E-state index is 0.163. The predicted molar refractivity (Wildman–Crippen MR) is 77.4 cm³/mol. The third kappa shape index (κ3) is 4.58. The lowest BCUT2D eigenvalue weighted by Crippen LogP contribution is -2.40. The van der Waals surface area contributed by atoms with Crippen molar-refractivity contribution in [2.75, 3.05) is 20.2 Å². The summed E-state index contributed by atoms with van der Waals surface area (Å²) < 4.78 is 6.65. The van der Waals surface area contributed by atoms with Crippen molar-refractivity contribution in [1.82, 2.24) is 14.5 Å². The van der Waals surface area contributed by atoms with Crippen LogP contribution in [-0.4, -0.2) is 46.5 Å². The number of aryl methyl sites for hydroxylation is 1. The van der Waals surface area contributed by atoms with Gasteiger partial charge in [0.05, 0.1) is 19.9 Å². The van der Waals surface area contributed by atoms with Crippen LogP contribution in [0.5, 0.6) is 0 Å². The number of carbonyl (C=O) groups excluding carboxylic acids is 2. The van der Waals surface area contributed by atoms with E-state index in [2.05, 4.69) is 9.72 Å². The van der Waals surface area contributed by atoms with Crippen molar-refractivity contribution in [3.63, 3.8) is 0 Å². The minimum Gasteiger partial charge on any atom is -0.469 e. The van der Waals surface area contributed by atoms with Crippen molar-refractivity contribution < 1.29 is 14.3 Å². The average molecular weight is 293 g/mol. The summed E-state index contributed by atoms with van der Waals surface area (Å²) in [7, 11) is 1.37. The SMILES string of the molecule is COC(=O)CCN(CCCn1ccnc1)C(=O)C1CCC1. The Morgan fingerprint density at radius 1 is 1.38 bits per heavy atom. The molecular formula is C15H23N3O3. The van der Waals surface area contributed by atoms with Gasteiger partial charge in [-0.1, -0.05) is 6.42 Å². The normalized spacial score (nSPS) is 14.5. The van der Waals surface area contributed by atoms with E-state index in [-0.39, 0.29) is 24.2 Å². The van der Waals surface area contributed by atoms with Gasteiger partial charge in [0.2, 0.25) is 5.91 Å². The van der Waals surface area contributed by atoms with Crippen LogP contribution in [0.25, 0.3) is 0 Å². The Morgan fingerprint density at radius 2 is 2.19 bits per heavy atom. The summed E-state index contributed by atoms with van der Waals surface area (Å²) in [6, 6.07) is 0. The molecule has 0 N–H and O–H groups in total. The highest BCUT2D eigenvalue weighted by Crippen LogP contribution is 2.28. The molecule has 1 aliphatic carbocycles. The van der Waals surface area contributed by atoms with Crippen LogP contribution in [-0.2, 0) is 20.9 Å². The molecule has 1 aliphatic rings. The van der Waals surface area contributed by atoms with Gasteiger partial charge < -0.3 is 14.2 Å². The van der Waals surface area contributed by atoms with E-state index in [0.29, 0.717) is 13.1 Å². The Bertz CT molecular complexity index is 455. The van der Waals surface area contributed by atoms with E-state index in [4.69, 9.17) is 0 Å². The lowest BCUT2D eigenvalue weighted by molar-refractivity contribution is -0.143. The number of carbonyl (C=O) groups is 2. The number of aromatic nitrogens is 2. The van der Waals surface area contributed by atoms with Gasteiger partial charge >= 0.3 is 5.97 Å². The van der Waals surface area contributed by atoms with Crippen LogP contribution >= 0.6 is 0 Å². The fourth-order valence-corrected chi connectivity index (χ4v) is 2.44. The van der Waals surface area contributed by atoms with Crippen molar-refractivity contribution in [3.8, 4) is 0 Å². The number of esters is 1. The molecule has 116 valence electrons. The van der Waals surface area contributed by atoms with Crippen LogP contribution in [0.4, 0.5) is 0 Å². The Hall–Kier alpha value is -1.85. The number of hydrogen-bond acceptors (Lipinski definition) is 4. The fraction of sp³-hybridized carbons (Fsp3) is 0.667. The minimum atomic E-state index is -0.268. The first kappa shape index (κ1) is 15.5. The lowest BCUT2D eigenvalue weighted by Gasteiger charge is -2.31. The molecular weight excluding hydrogens is 270 g/mol. The largest absolute Gasteiger partial charge is 0.469 e. The molecule has 0 spiro atoms. The maximum absolute atomic E-state index is 12.4. The molecule has 1 heterocycles. The molecule has 0 radical (unpaired) electrons. The summed E-state index contributed by atoms with van der Waals surface area (Å²) in [6.45, 7) is 1.95. The number of imidazole rings is 1. The van der Waals surface area contributed by atoms with Crippen molar-refractivity contribution in [2.45, 2.75) is 38.6 Å². The van der Waals surface area contributed by atoms with Gasteiger partial charge in [0.1, 0.15) is 0 Å². The van der Waals surface area contributed by atoms with E-state index in [1.165, 1.54) is 7.11 Å². The summed E-state index contributed by atoms with van der Waals surface area (Å²) in [5.41, 5.74) is 0. The number of methoxy groups -OCH3 is 1. The number of rotatable bonds is 8. The highest BCUT2D eigenvalue weighted by Gasteiger charge is 2.29. The fourth-order valence-electron chi connectivity index (χ4n) is 2.44. The lowest BCUT2D eigenvalue weighted by atomic mass is 9.84. The zero-order valence-electron chi connectivity index (χ0n) is 12.5. The number of ether oxygens (including phenoxy) is 1. The molecule has 0 unspecified atom stereocenters. The molecule has 1 aromatic heterocycles. The molecule has 0 aliphatic heterocycles. The summed E-state index contributed by atoms with van der Waals surface area (Å²) >= 11 is 0. The molecule has 6 heteroatoms. The second-order valence-corrected chi connectivity index (χ2v) is 5.43. The zero-order chi connectivity index (χ0) is 15.1. The smallest absolute Gasteiger partial charge is 0.307 e. The van der Waals surface area contributed by atoms with Crippen LogP contribution in [0.2, 0.25) is 0 Å². The van der Waals surface area contributed by atoms with E-state index in [9.17, 15) is 9.59 Å². The first-order valence-corrected chi connectivity index (χ1v) is 7.52. The summed E-state index contributed by atoms with van der Waals surface area (Å²) in [4.78, 5) is 29.5. The van der Waals surface area contributed by atoms with E-state index in [1.807, 2.05) is 15.7 Å². The van der Waals surface area contributed by atoms with Crippen LogP contribution in [0.15, 0.2) is 18.7 Å². The highest BCUT2D eigenvalue weighted by atomic mass is 16.5. The second-order valence-electron chi connectivity index (χ2n) is 5.43. The molecule has 0 bridgehead atoms. The zero-order valence-corrected chi connectivity index (χ0v) is 12.5. The first-order valence-electron chi connectivity index (χ1n) is 7.52. The first-order chi connectivity index (χ1) is 10.2. The third-order valence-corrected chi connectivity index (χ3v) is 3.98. The molecule has 0 atom stereocenters. The standard InChI is InChI=1S/C15H23N3O3/c1-21-14(19)6-10-18(15(20)13-4-2-5-13)9-3-8-17-11-7-16-12-17/h7,11-13H,2-6,8-10H2,1H3. The number of nitrogens with zero attached hydrogens (tertiary/aromatic N) is 3. The molecule has 2 rings (SSSR count). The van der Waals surface area contributed by atoms with Gasteiger partial charge in [-0.2, -0.15) is 0 Å². The summed E-state index contributed by atoms with van der Waals surface area (Å²) in [6.07, 6.45) is 9.64. The molecule has 6 nitrogen and oxygen atoms in total. The van der Waals surface area contributed by atoms with Gasteiger partial charge in [0.25, 0.3) is 0 Å². The quantitative estimate of drug-likeness (QED) is 0.681. The number of hydrogen-bond donors (Lipinski definition) is 0. The van der Waals surface area contributed by atoms with Crippen molar-refractivity contribution in [3.05, 3.63) is 18.7 Å². The van der Waals surface area contributed by atoms with Crippen molar-refractivity contribution in [2.24, 2.45) is 5.92 Å². The molecule has 1 saturated carbocycles.